The van der Waals surface area contributed by atoms with E-state index in [0.717, 1.165) is 53.7 Å². The van der Waals surface area contributed by atoms with Gasteiger partial charge < -0.3 is 14.1 Å². The zero-order valence-electron chi connectivity index (χ0n) is 32.8. The molecule has 4 nitrogen and oxygen atoms in total. The van der Waals surface area contributed by atoms with Gasteiger partial charge in [-0.15, -0.1) is 48.0 Å². The van der Waals surface area contributed by atoms with Crippen LogP contribution < -0.4 is 0 Å². The van der Waals surface area contributed by atoms with E-state index in [0.29, 0.717) is 28.0 Å². The second-order valence-corrected chi connectivity index (χ2v) is 15.7. The molecule has 0 bridgehead atoms. The molecular weight excluding hydrogens is 967 g/mol. The molecule has 12 aromatic rings. The van der Waals surface area contributed by atoms with E-state index < -0.39 is 11.6 Å². The normalized spacial score (nSPS) is 11.3. The van der Waals surface area contributed by atoms with Crippen molar-refractivity contribution in [2.75, 3.05) is 0 Å². The maximum atomic E-state index is 16.3. The minimum atomic E-state index is -0.669. The van der Waals surface area contributed by atoms with Crippen molar-refractivity contribution in [2.45, 2.75) is 0 Å². The Hall–Kier alpha value is -7.09. The predicted molar refractivity (Wildman–Crippen MR) is 246 cm³/mol. The fraction of sp³-hybridized carbons (Fsp3) is 0. The number of hydrogen-bond acceptors (Lipinski definition) is 3. The molecular formula is C54H32F2IrN4S-2. The third-order valence-electron chi connectivity index (χ3n) is 11.0. The number of nitrogens with zero attached hydrogens (tertiary/aromatic N) is 4. The van der Waals surface area contributed by atoms with Gasteiger partial charge in [0.1, 0.15) is 17.3 Å². The summed E-state index contributed by atoms with van der Waals surface area (Å²) in [7, 11) is 0. The molecule has 0 aliphatic heterocycles. The van der Waals surface area contributed by atoms with Crippen LogP contribution in [0.4, 0.5) is 8.78 Å². The summed E-state index contributed by atoms with van der Waals surface area (Å²) in [5.74, 6) is -0.910. The minimum absolute atomic E-state index is 0. The molecule has 0 N–H and O–H groups in total. The molecule has 12 rings (SSSR count). The van der Waals surface area contributed by atoms with Gasteiger partial charge in [0.05, 0.1) is 16.9 Å². The van der Waals surface area contributed by atoms with Crippen molar-refractivity contribution in [1.29, 1.82) is 0 Å². The molecule has 8 aromatic carbocycles. The van der Waals surface area contributed by atoms with E-state index in [2.05, 4.69) is 88.4 Å². The summed E-state index contributed by atoms with van der Waals surface area (Å²) in [5, 5.41) is 4.48. The van der Waals surface area contributed by atoms with E-state index in [-0.39, 0.29) is 25.8 Å². The van der Waals surface area contributed by atoms with Crippen molar-refractivity contribution in [3.63, 3.8) is 0 Å². The van der Waals surface area contributed by atoms with Crippen molar-refractivity contribution < 1.29 is 28.9 Å². The van der Waals surface area contributed by atoms with Gasteiger partial charge in [0.25, 0.3) is 0 Å². The van der Waals surface area contributed by atoms with Crippen LogP contribution in [0.15, 0.2) is 194 Å². The summed E-state index contributed by atoms with van der Waals surface area (Å²) >= 11 is 1.64. The second-order valence-electron chi connectivity index (χ2n) is 14.6. The van der Waals surface area contributed by atoms with Gasteiger partial charge in [0, 0.05) is 52.8 Å². The van der Waals surface area contributed by atoms with Crippen LogP contribution in [0.3, 0.4) is 0 Å². The molecule has 0 spiro atoms. The Bertz CT molecular complexity index is 3450. The fourth-order valence-electron chi connectivity index (χ4n) is 8.35. The Balaban J connectivity index is 0.000000305. The first-order chi connectivity index (χ1) is 30.1. The van der Waals surface area contributed by atoms with Crippen LogP contribution in [0.5, 0.6) is 0 Å². The number of rotatable bonds is 5. The largest absolute Gasteiger partial charge is 0.350 e. The van der Waals surface area contributed by atoms with Crippen molar-refractivity contribution in [1.82, 2.24) is 19.1 Å². The first-order valence-corrected chi connectivity index (χ1v) is 20.7. The Kier molecular flexibility index (Phi) is 10.3. The Morgan fingerprint density at radius 3 is 1.87 bits per heavy atom. The number of halogens is 2. The van der Waals surface area contributed by atoms with E-state index in [1.165, 1.54) is 22.9 Å². The van der Waals surface area contributed by atoms with Gasteiger partial charge in [-0.1, -0.05) is 120 Å². The number of imidazole rings is 1. The van der Waals surface area contributed by atoms with E-state index in [1.54, 1.807) is 22.1 Å². The van der Waals surface area contributed by atoms with Gasteiger partial charge in [0.15, 0.2) is 0 Å². The number of aromatic nitrogens is 4. The molecule has 4 heterocycles. The molecule has 299 valence electrons. The van der Waals surface area contributed by atoms with Gasteiger partial charge in [-0.3, -0.25) is 4.98 Å². The van der Waals surface area contributed by atoms with Crippen LogP contribution in [0.1, 0.15) is 0 Å². The van der Waals surface area contributed by atoms with Crippen LogP contribution >= 0.6 is 11.3 Å². The zero-order valence-corrected chi connectivity index (χ0v) is 36.0. The van der Waals surface area contributed by atoms with Crippen molar-refractivity contribution in [2.24, 2.45) is 0 Å². The van der Waals surface area contributed by atoms with Gasteiger partial charge in [-0.25, -0.2) is 8.78 Å². The predicted octanol–water partition coefficient (Wildman–Crippen LogP) is 14.4. The van der Waals surface area contributed by atoms with E-state index in [9.17, 15) is 0 Å². The van der Waals surface area contributed by atoms with Gasteiger partial charge in [0.2, 0.25) is 0 Å². The Morgan fingerprint density at radius 2 is 1.18 bits per heavy atom. The standard InChI is InChI=1S/C43H24F2N3S.C11H8N.Ir/c44-32-24-27(26-12-2-1-3-13-26)25-33(45)41(32)48-37-20-10-7-17-34(37)46-43(48)31-22-23-38(40-30-16-6-11-21-39(30)49-42(31)40)47-35-18-8-4-14-28(35)29-15-5-9-19-36(29)47;1-2-6-10(7-3-1)11-8-4-5-9-12-11;/h1-21,23-25H;1-6,8-9H;/q2*-1;. The average molecular weight is 999 g/mol. The molecule has 1 radical (unpaired) electrons. The smallest absolute Gasteiger partial charge is 0.150 e. The quantitative estimate of drug-likeness (QED) is 0.161. The molecule has 0 amide bonds. The van der Waals surface area contributed by atoms with Gasteiger partial charge in [-0.2, -0.15) is 11.3 Å². The monoisotopic (exact) mass is 999 g/mol. The molecule has 0 saturated carbocycles. The fourth-order valence-corrected chi connectivity index (χ4v) is 9.57. The summed E-state index contributed by atoms with van der Waals surface area (Å²) in [5.41, 5.74) is 8.15. The summed E-state index contributed by atoms with van der Waals surface area (Å²) < 4.78 is 38.6. The van der Waals surface area contributed by atoms with E-state index in [4.69, 9.17) is 4.98 Å². The summed E-state index contributed by atoms with van der Waals surface area (Å²) in [6.45, 7) is 0. The number of pyridine rings is 1. The number of benzene rings is 8. The summed E-state index contributed by atoms with van der Waals surface area (Å²) in [6.07, 6.45) is 1.79. The summed E-state index contributed by atoms with van der Waals surface area (Å²) in [4.78, 5) is 9.25. The average Bonchev–Trinajstić information content (AvgIpc) is 4.00. The second kappa shape index (κ2) is 16.4. The van der Waals surface area contributed by atoms with Crippen LogP contribution in [0.25, 0.3) is 98.2 Å². The number of fused-ring (bicyclic) bond motifs is 7. The number of thiophene rings is 1. The van der Waals surface area contributed by atoms with E-state index in [1.807, 2.05) is 109 Å². The molecule has 0 aliphatic rings. The van der Waals surface area contributed by atoms with Gasteiger partial charge in [-0.05, 0) is 81.1 Å². The molecule has 0 saturated heterocycles. The molecule has 4 aromatic heterocycles. The number of hydrogen-bond donors (Lipinski definition) is 0. The zero-order chi connectivity index (χ0) is 40.9. The Labute approximate surface area is 373 Å². The molecule has 0 atom stereocenters. The molecule has 0 unspecified atom stereocenters. The topological polar surface area (TPSA) is 35.6 Å². The first-order valence-electron chi connectivity index (χ1n) is 19.9. The Morgan fingerprint density at radius 1 is 0.548 bits per heavy atom. The minimum Gasteiger partial charge on any atom is -0.350 e. The molecule has 0 aliphatic carbocycles. The molecule has 8 heteroatoms. The third-order valence-corrected chi connectivity index (χ3v) is 12.2. The van der Waals surface area contributed by atoms with E-state index >= 15 is 8.78 Å². The number of para-hydroxylation sites is 4. The van der Waals surface area contributed by atoms with Crippen LogP contribution in [-0.2, 0) is 20.1 Å². The SMILES string of the molecule is Fc1cc(-c2ccccc2)cc(F)c1-n1c(-c2[c-]cc(-n3c4ccccc4c4ccccc43)c3c2sc2ccccc23)nc2ccccc21.[Ir].[c-]1ccccc1-c1ccccn1. The first kappa shape index (κ1) is 39.1. The molecule has 62 heavy (non-hydrogen) atoms. The third kappa shape index (κ3) is 6.70. The molecule has 0 fully saturated rings. The van der Waals surface area contributed by atoms with Crippen molar-refractivity contribution in [3.05, 3.63) is 218 Å². The van der Waals surface area contributed by atoms with Crippen LogP contribution in [0, 0.1) is 23.8 Å². The maximum absolute atomic E-state index is 16.3. The summed E-state index contributed by atoms with van der Waals surface area (Å²) in [6, 6.07) is 67.2. The van der Waals surface area contributed by atoms with Crippen LogP contribution in [-0.4, -0.2) is 19.1 Å². The van der Waals surface area contributed by atoms with Crippen molar-refractivity contribution >= 4 is 64.3 Å². The van der Waals surface area contributed by atoms with Gasteiger partial charge >= 0.3 is 0 Å². The maximum Gasteiger partial charge on any atom is 0.150 e. The van der Waals surface area contributed by atoms with Crippen LogP contribution in [0.2, 0.25) is 0 Å². The van der Waals surface area contributed by atoms with Crippen molar-refractivity contribution in [3.8, 4) is 45.1 Å².